The van der Waals surface area contributed by atoms with Gasteiger partial charge in [-0.25, -0.2) is 8.42 Å². The van der Waals surface area contributed by atoms with Gasteiger partial charge in [0.05, 0.1) is 11.9 Å². The summed E-state index contributed by atoms with van der Waals surface area (Å²) in [5.41, 5.74) is 1.46. The van der Waals surface area contributed by atoms with Gasteiger partial charge in [-0.3, -0.25) is 13.9 Å². The summed E-state index contributed by atoms with van der Waals surface area (Å²) in [6, 6.07) is 10.9. The van der Waals surface area contributed by atoms with Crippen LogP contribution in [0.1, 0.15) is 18.1 Å². The minimum Gasteiger partial charge on any atom is -0.357 e. The maximum atomic E-state index is 13.3. The van der Waals surface area contributed by atoms with E-state index >= 15 is 0 Å². The van der Waals surface area contributed by atoms with Crippen LogP contribution in [0.25, 0.3) is 0 Å². The summed E-state index contributed by atoms with van der Waals surface area (Å²) >= 11 is 12.4. The Bertz CT molecular complexity index is 1080. The van der Waals surface area contributed by atoms with Crippen LogP contribution in [0.4, 0.5) is 5.69 Å². The molecule has 1 unspecified atom stereocenters. The van der Waals surface area contributed by atoms with Gasteiger partial charge < -0.3 is 10.2 Å². The molecule has 31 heavy (non-hydrogen) atoms. The molecular formula is C21H25Cl2N3O4S. The lowest BCUT2D eigenvalue weighted by atomic mass is 10.1. The van der Waals surface area contributed by atoms with Crippen LogP contribution in [0.5, 0.6) is 0 Å². The minimum atomic E-state index is -3.82. The molecule has 2 aromatic carbocycles. The number of hydrogen-bond acceptors (Lipinski definition) is 4. The second-order valence-electron chi connectivity index (χ2n) is 7.06. The predicted molar refractivity (Wildman–Crippen MR) is 124 cm³/mol. The first-order valence-electron chi connectivity index (χ1n) is 9.44. The van der Waals surface area contributed by atoms with E-state index in [-0.39, 0.29) is 12.5 Å². The lowest BCUT2D eigenvalue weighted by molar-refractivity contribution is -0.139. The number of rotatable bonds is 8. The quantitative estimate of drug-likeness (QED) is 0.621. The number of nitrogens with one attached hydrogen (secondary N) is 1. The van der Waals surface area contributed by atoms with Gasteiger partial charge in [-0.15, -0.1) is 0 Å². The summed E-state index contributed by atoms with van der Waals surface area (Å²) in [6.07, 6.45) is 1.02. The van der Waals surface area contributed by atoms with Gasteiger partial charge in [0, 0.05) is 23.6 Å². The summed E-state index contributed by atoms with van der Waals surface area (Å²) in [5.74, 6) is -0.939. The number of amides is 2. The first-order chi connectivity index (χ1) is 14.5. The van der Waals surface area contributed by atoms with Crippen LogP contribution in [-0.4, -0.2) is 51.0 Å². The summed E-state index contributed by atoms with van der Waals surface area (Å²) in [7, 11) is -2.35. The number of halogens is 2. The highest BCUT2D eigenvalue weighted by molar-refractivity contribution is 7.92. The summed E-state index contributed by atoms with van der Waals surface area (Å²) in [6.45, 7) is 2.79. The van der Waals surface area contributed by atoms with Crippen LogP contribution in [0, 0.1) is 6.92 Å². The van der Waals surface area contributed by atoms with Gasteiger partial charge in [-0.05, 0) is 43.2 Å². The number of nitrogens with zero attached hydrogens (tertiary/aromatic N) is 2. The van der Waals surface area contributed by atoms with Crippen LogP contribution in [-0.2, 0) is 26.2 Å². The van der Waals surface area contributed by atoms with E-state index in [0.29, 0.717) is 26.9 Å². The maximum Gasteiger partial charge on any atom is 0.244 e. The van der Waals surface area contributed by atoms with E-state index in [9.17, 15) is 18.0 Å². The number of anilines is 1. The predicted octanol–water partition coefficient (Wildman–Crippen LogP) is 3.23. The van der Waals surface area contributed by atoms with Crippen LogP contribution in [0.3, 0.4) is 0 Å². The standard InChI is InChI=1S/C21H25Cl2N3O4S/c1-14-17(22)10-7-11-19(14)26(31(4,29)30)13-20(27)25(15(2)21(28)24-3)12-16-8-5-6-9-18(16)23/h5-11,15H,12-13H2,1-4H3,(H,24,28). The fourth-order valence-electron chi connectivity index (χ4n) is 3.06. The van der Waals surface area contributed by atoms with Gasteiger partial charge in [0.15, 0.2) is 0 Å². The molecule has 0 saturated carbocycles. The molecule has 0 spiro atoms. The van der Waals surface area contributed by atoms with Crippen molar-refractivity contribution >= 4 is 50.7 Å². The first-order valence-corrected chi connectivity index (χ1v) is 12.0. The van der Waals surface area contributed by atoms with E-state index in [1.165, 1.54) is 11.9 Å². The van der Waals surface area contributed by atoms with Crippen LogP contribution in [0.15, 0.2) is 42.5 Å². The molecule has 1 N–H and O–H groups in total. The molecule has 0 aliphatic rings. The fraction of sp³-hybridized carbons (Fsp3) is 0.333. The first kappa shape index (κ1) is 25.0. The van der Waals surface area contributed by atoms with Crippen molar-refractivity contribution in [3.63, 3.8) is 0 Å². The molecule has 2 rings (SSSR count). The van der Waals surface area contributed by atoms with Gasteiger partial charge in [0.1, 0.15) is 12.6 Å². The molecule has 168 valence electrons. The fourth-order valence-corrected chi connectivity index (χ4v) is 4.33. The zero-order chi connectivity index (χ0) is 23.3. The molecule has 0 aliphatic carbocycles. The Hall–Kier alpha value is -2.29. The average molecular weight is 486 g/mol. The molecule has 0 saturated heterocycles. The van der Waals surface area contributed by atoms with Crippen molar-refractivity contribution in [3.05, 3.63) is 63.6 Å². The number of carbonyl (C=O) groups excluding carboxylic acids is 2. The Balaban J connectivity index is 2.45. The SMILES string of the molecule is CNC(=O)C(C)N(Cc1ccccc1Cl)C(=O)CN(c1cccc(Cl)c1C)S(C)(=O)=O. The van der Waals surface area contributed by atoms with Gasteiger partial charge in [0.25, 0.3) is 0 Å². The average Bonchev–Trinajstić information content (AvgIpc) is 2.71. The number of sulfonamides is 1. The van der Waals surface area contributed by atoms with Crippen molar-refractivity contribution in [3.8, 4) is 0 Å². The van der Waals surface area contributed by atoms with Crippen molar-refractivity contribution in [1.29, 1.82) is 0 Å². The van der Waals surface area contributed by atoms with Crippen LogP contribution >= 0.6 is 23.2 Å². The highest BCUT2D eigenvalue weighted by atomic mass is 35.5. The lowest BCUT2D eigenvalue weighted by Crippen LogP contribution is -2.50. The molecule has 2 aromatic rings. The van der Waals surface area contributed by atoms with Crippen molar-refractivity contribution in [1.82, 2.24) is 10.2 Å². The van der Waals surface area contributed by atoms with E-state index in [2.05, 4.69) is 5.32 Å². The molecule has 2 amide bonds. The minimum absolute atomic E-state index is 0.0409. The zero-order valence-corrected chi connectivity index (χ0v) is 20.1. The number of benzene rings is 2. The molecule has 1 atom stereocenters. The molecule has 0 radical (unpaired) electrons. The summed E-state index contributed by atoms with van der Waals surface area (Å²) in [5, 5.41) is 3.34. The molecule has 0 heterocycles. The van der Waals surface area contributed by atoms with Gasteiger partial charge >= 0.3 is 0 Å². The largest absolute Gasteiger partial charge is 0.357 e. The van der Waals surface area contributed by atoms with E-state index in [1.807, 2.05) is 0 Å². The molecule has 0 bridgehead atoms. The van der Waals surface area contributed by atoms with E-state index in [1.54, 1.807) is 56.3 Å². The van der Waals surface area contributed by atoms with E-state index in [0.717, 1.165) is 10.6 Å². The number of carbonyl (C=O) groups is 2. The van der Waals surface area contributed by atoms with Gasteiger partial charge in [-0.2, -0.15) is 0 Å². The molecular weight excluding hydrogens is 461 g/mol. The Morgan fingerprint density at radius 2 is 1.68 bits per heavy atom. The second kappa shape index (κ2) is 10.3. The monoisotopic (exact) mass is 485 g/mol. The van der Waals surface area contributed by atoms with Gasteiger partial charge in [0.2, 0.25) is 21.8 Å². The number of likely N-dealkylation sites (N-methyl/N-ethyl adjacent to an activating group) is 1. The molecule has 0 aromatic heterocycles. The van der Waals surface area contributed by atoms with Crippen molar-refractivity contribution in [2.24, 2.45) is 0 Å². The third-order valence-electron chi connectivity index (χ3n) is 4.90. The second-order valence-corrected chi connectivity index (χ2v) is 9.78. The smallest absolute Gasteiger partial charge is 0.244 e. The third-order valence-corrected chi connectivity index (χ3v) is 6.80. The normalized spacial score (nSPS) is 12.2. The molecule has 10 heteroatoms. The highest BCUT2D eigenvalue weighted by Gasteiger charge is 2.30. The maximum absolute atomic E-state index is 13.3. The van der Waals surface area contributed by atoms with E-state index in [4.69, 9.17) is 23.2 Å². The van der Waals surface area contributed by atoms with Crippen molar-refractivity contribution in [2.45, 2.75) is 26.4 Å². The van der Waals surface area contributed by atoms with Gasteiger partial charge in [-0.1, -0.05) is 47.5 Å². The van der Waals surface area contributed by atoms with Crippen molar-refractivity contribution < 1.29 is 18.0 Å². The Labute approximate surface area is 193 Å². The van der Waals surface area contributed by atoms with E-state index < -0.39 is 28.5 Å². The van der Waals surface area contributed by atoms with Crippen LogP contribution in [0.2, 0.25) is 10.0 Å². The van der Waals surface area contributed by atoms with Crippen molar-refractivity contribution in [2.75, 3.05) is 24.2 Å². The lowest BCUT2D eigenvalue weighted by Gasteiger charge is -2.32. The topological polar surface area (TPSA) is 86.8 Å². The zero-order valence-electron chi connectivity index (χ0n) is 17.7. The number of hydrogen-bond donors (Lipinski definition) is 1. The summed E-state index contributed by atoms with van der Waals surface area (Å²) in [4.78, 5) is 26.9. The van der Waals surface area contributed by atoms with Crippen LogP contribution < -0.4 is 9.62 Å². The molecule has 0 aliphatic heterocycles. The Morgan fingerprint density at radius 1 is 1.06 bits per heavy atom. The summed E-state index contributed by atoms with van der Waals surface area (Å²) < 4.78 is 26.1. The molecule has 0 fully saturated rings. The Morgan fingerprint density at radius 3 is 2.26 bits per heavy atom. The third kappa shape index (κ3) is 6.12. The Kier molecular flexibility index (Phi) is 8.34. The molecule has 7 nitrogen and oxygen atoms in total. The highest BCUT2D eigenvalue weighted by Crippen LogP contribution is 2.28.